The lowest BCUT2D eigenvalue weighted by atomic mass is 9.81. The first-order valence-electron chi connectivity index (χ1n) is 9.69. The highest BCUT2D eigenvalue weighted by Gasteiger charge is 2.48. The lowest BCUT2D eigenvalue weighted by molar-refractivity contribution is -0.142. The number of hydrogen-bond acceptors (Lipinski definition) is 4. The third-order valence-electron chi connectivity index (χ3n) is 5.47. The molecule has 0 radical (unpaired) electrons. The quantitative estimate of drug-likeness (QED) is 0.781. The zero-order valence-corrected chi connectivity index (χ0v) is 15.6. The number of hydrogen-bond donors (Lipinski definition) is 2. The van der Waals surface area contributed by atoms with Crippen molar-refractivity contribution in [3.63, 3.8) is 0 Å². The molecule has 1 aliphatic carbocycles. The second-order valence-electron chi connectivity index (χ2n) is 7.38. The summed E-state index contributed by atoms with van der Waals surface area (Å²) in [6.45, 7) is -0.214. The van der Waals surface area contributed by atoms with Crippen molar-refractivity contribution in [2.45, 2.75) is 25.7 Å². The van der Waals surface area contributed by atoms with Gasteiger partial charge in [0.1, 0.15) is 6.54 Å². The van der Waals surface area contributed by atoms with Gasteiger partial charge >= 0.3 is 0 Å². The Morgan fingerprint density at radius 3 is 1.96 bits per heavy atom. The second kappa shape index (κ2) is 7.84. The number of imide groups is 1. The van der Waals surface area contributed by atoms with E-state index in [1.54, 1.807) is 12.1 Å². The van der Waals surface area contributed by atoms with Gasteiger partial charge in [-0.05, 0) is 49.2 Å². The van der Waals surface area contributed by atoms with Crippen molar-refractivity contribution in [3.05, 3.63) is 54.6 Å². The summed E-state index contributed by atoms with van der Waals surface area (Å²) in [5.74, 6) is -1.18. The normalized spacial score (nSPS) is 21.4. The van der Waals surface area contributed by atoms with E-state index in [2.05, 4.69) is 10.6 Å². The number of likely N-dealkylation sites (tertiary alicyclic amines) is 1. The first-order valence-corrected chi connectivity index (χ1v) is 9.69. The van der Waals surface area contributed by atoms with Gasteiger partial charge in [0.2, 0.25) is 17.7 Å². The van der Waals surface area contributed by atoms with Crippen LogP contribution in [0.2, 0.25) is 0 Å². The van der Waals surface area contributed by atoms with Crippen molar-refractivity contribution in [1.29, 1.82) is 0 Å². The average molecular weight is 377 g/mol. The molecular formula is C22H23N3O3. The lowest BCUT2D eigenvalue weighted by Crippen LogP contribution is -2.38. The number of para-hydroxylation sites is 1. The fourth-order valence-corrected chi connectivity index (χ4v) is 4.06. The van der Waals surface area contributed by atoms with Crippen LogP contribution in [-0.4, -0.2) is 29.2 Å². The van der Waals surface area contributed by atoms with Crippen LogP contribution in [0.3, 0.4) is 0 Å². The number of carbonyl (C=O) groups excluding carboxylic acids is 3. The van der Waals surface area contributed by atoms with Crippen LogP contribution < -0.4 is 10.6 Å². The Hall–Kier alpha value is -3.15. The van der Waals surface area contributed by atoms with E-state index in [0.29, 0.717) is 5.69 Å². The predicted octanol–water partition coefficient (Wildman–Crippen LogP) is 3.54. The third kappa shape index (κ3) is 3.76. The molecule has 2 N–H and O–H groups in total. The highest BCUT2D eigenvalue weighted by atomic mass is 16.2. The summed E-state index contributed by atoms with van der Waals surface area (Å²) in [4.78, 5) is 38.5. The van der Waals surface area contributed by atoms with Gasteiger partial charge in [-0.1, -0.05) is 31.0 Å². The van der Waals surface area contributed by atoms with Crippen molar-refractivity contribution < 1.29 is 14.4 Å². The molecule has 1 saturated heterocycles. The molecule has 6 nitrogen and oxygen atoms in total. The van der Waals surface area contributed by atoms with E-state index in [-0.39, 0.29) is 36.1 Å². The van der Waals surface area contributed by atoms with Crippen LogP contribution in [0.4, 0.5) is 17.1 Å². The first kappa shape index (κ1) is 18.2. The maximum atomic E-state index is 12.5. The Labute approximate surface area is 163 Å². The van der Waals surface area contributed by atoms with Crippen molar-refractivity contribution in [2.75, 3.05) is 17.2 Å². The van der Waals surface area contributed by atoms with Gasteiger partial charge in [-0.15, -0.1) is 0 Å². The van der Waals surface area contributed by atoms with Crippen molar-refractivity contribution in [3.8, 4) is 0 Å². The maximum absolute atomic E-state index is 12.5. The number of nitrogens with one attached hydrogen (secondary N) is 2. The minimum atomic E-state index is -0.357. The minimum Gasteiger partial charge on any atom is -0.356 e. The lowest BCUT2D eigenvalue weighted by Gasteiger charge is -2.19. The Kier molecular flexibility index (Phi) is 5.10. The summed E-state index contributed by atoms with van der Waals surface area (Å²) in [5.41, 5.74) is 2.50. The van der Waals surface area contributed by atoms with Gasteiger partial charge in [0, 0.05) is 17.1 Å². The fourth-order valence-electron chi connectivity index (χ4n) is 4.06. The highest BCUT2D eigenvalue weighted by Crippen LogP contribution is 2.37. The molecule has 6 heteroatoms. The molecule has 2 aromatic rings. The summed E-state index contributed by atoms with van der Waals surface area (Å²) in [6.07, 6.45) is 3.46. The van der Waals surface area contributed by atoms with Crippen molar-refractivity contribution >= 4 is 34.8 Å². The summed E-state index contributed by atoms with van der Waals surface area (Å²) in [5, 5.41) is 6.04. The average Bonchev–Trinajstić information content (AvgIpc) is 2.95. The van der Waals surface area contributed by atoms with Crippen molar-refractivity contribution in [1.82, 2.24) is 4.90 Å². The maximum Gasteiger partial charge on any atom is 0.244 e. The molecule has 4 rings (SSSR count). The molecule has 0 aromatic heterocycles. The molecular weight excluding hydrogens is 354 g/mol. The van der Waals surface area contributed by atoms with E-state index in [1.807, 2.05) is 42.5 Å². The number of anilines is 3. The zero-order valence-electron chi connectivity index (χ0n) is 15.6. The number of amides is 3. The van der Waals surface area contributed by atoms with Gasteiger partial charge in [0.15, 0.2) is 0 Å². The van der Waals surface area contributed by atoms with E-state index >= 15 is 0 Å². The molecule has 144 valence electrons. The number of rotatable bonds is 5. The Bertz CT molecular complexity index is 856. The molecule has 3 amide bonds. The fraction of sp³-hybridized carbons (Fsp3) is 0.318. The Balaban J connectivity index is 1.35. The van der Waals surface area contributed by atoms with Crippen LogP contribution in [-0.2, 0) is 14.4 Å². The molecule has 2 unspecified atom stereocenters. The van der Waals surface area contributed by atoms with Crippen LogP contribution in [0.5, 0.6) is 0 Å². The van der Waals surface area contributed by atoms with E-state index < -0.39 is 0 Å². The molecule has 2 atom stereocenters. The number of benzene rings is 2. The standard InChI is InChI=1S/C22H23N3O3/c26-20(14-25-21(27)18-8-4-5-9-19(18)22(25)28)24-17-12-10-16(11-13-17)23-15-6-2-1-3-7-15/h1-3,6-7,10-13,18-19,23H,4-5,8-9,14H2,(H,24,26). The summed E-state index contributed by atoms with van der Waals surface area (Å²) in [7, 11) is 0. The summed E-state index contributed by atoms with van der Waals surface area (Å²) in [6, 6.07) is 17.1. The first-order chi connectivity index (χ1) is 13.6. The monoisotopic (exact) mass is 377 g/mol. The van der Waals surface area contributed by atoms with Gasteiger partial charge < -0.3 is 10.6 Å². The second-order valence-corrected chi connectivity index (χ2v) is 7.38. The number of fused-ring (bicyclic) bond motifs is 1. The molecule has 2 aliphatic rings. The smallest absolute Gasteiger partial charge is 0.244 e. The van der Waals surface area contributed by atoms with Crippen LogP contribution >= 0.6 is 0 Å². The van der Waals surface area contributed by atoms with E-state index in [0.717, 1.165) is 42.0 Å². The molecule has 1 aliphatic heterocycles. The zero-order chi connectivity index (χ0) is 19.5. The molecule has 1 saturated carbocycles. The predicted molar refractivity (Wildman–Crippen MR) is 107 cm³/mol. The van der Waals surface area contributed by atoms with Gasteiger partial charge in [-0.3, -0.25) is 19.3 Å². The third-order valence-corrected chi connectivity index (χ3v) is 5.47. The van der Waals surface area contributed by atoms with E-state index in [1.165, 1.54) is 0 Å². The van der Waals surface area contributed by atoms with Gasteiger partial charge in [0.05, 0.1) is 11.8 Å². The van der Waals surface area contributed by atoms with Crippen LogP contribution in [0.25, 0.3) is 0 Å². The van der Waals surface area contributed by atoms with Crippen LogP contribution in [0.1, 0.15) is 25.7 Å². The molecule has 28 heavy (non-hydrogen) atoms. The van der Waals surface area contributed by atoms with Gasteiger partial charge in [0.25, 0.3) is 0 Å². The largest absolute Gasteiger partial charge is 0.356 e. The molecule has 0 spiro atoms. The summed E-state index contributed by atoms with van der Waals surface area (Å²) < 4.78 is 0. The molecule has 0 bridgehead atoms. The Morgan fingerprint density at radius 1 is 0.821 bits per heavy atom. The van der Waals surface area contributed by atoms with E-state index in [4.69, 9.17) is 0 Å². The molecule has 1 heterocycles. The molecule has 2 aromatic carbocycles. The SMILES string of the molecule is O=C(CN1C(=O)C2CCCCC2C1=O)Nc1ccc(Nc2ccccc2)cc1. The van der Waals surface area contributed by atoms with E-state index in [9.17, 15) is 14.4 Å². The van der Waals surface area contributed by atoms with Gasteiger partial charge in [-0.2, -0.15) is 0 Å². The number of carbonyl (C=O) groups is 3. The van der Waals surface area contributed by atoms with Crippen LogP contribution in [0, 0.1) is 11.8 Å². The Morgan fingerprint density at radius 2 is 1.36 bits per heavy atom. The topological polar surface area (TPSA) is 78.5 Å². The van der Waals surface area contributed by atoms with Crippen molar-refractivity contribution in [2.24, 2.45) is 11.8 Å². The van der Waals surface area contributed by atoms with Crippen LogP contribution in [0.15, 0.2) is 54.6 Å². The van der Waals surface area contributed by atoms with Gasteiger partial charge in [-0.25, -0.2) is 0 Å². The highest BCUT2D eigenvalue weighted by molar-refractivity contribution is 6.08. The molecule has 2 fully saturated rings. The summed E-state index contributed by atoms with van der Waals surface area (Å²) >= 11 is 0. The number of nitrogens with zero attached hydrogens (tertiary/aromatic N) is 1. The minimum absolute atomic E-state index is 0.188.